The summed E-state index contributed by atoms with van der Waals surface area (Å²) in [4.78, 5) is 25.8. The molecule has 0 unspecified atom stereocenters. The van der Waals surface area contributed by atoms with Crippen LogP contribution < -0.4 is 10.1 Å². The summed E-state index contributed by atoms with van der Waals surface area (Å²) in [7, 11) is 0. The Labute approximate surface area is 199 Å². The molecule has 0 spiro atoms. The van der Waals surface area contributed by atoms with Crippen molar-refractivity contribution in [1.29, 1.82) is 0 Å². The molecule has 4 aromatic carbocycles. The van der Waals surface area contributed by atoms with Crippen LogP contribution in [0.25, 0.3) is 11.1 Å². The maximum absolute atomic E-state index is 14.4. The van der Waals surface area contributed by atoms with E-state index in [4.69, 9.17) is 16.3 Å². The average molecular weight is 478 g/mol. The first-order chi connectivity index (χ1) is 16.3. The van der Waals surface area contributed by atoms with Crippen LogP contribution in [0.3, 0.4) is 0 Å². The number of carbonyl (C=O) groups excluding carboxylic acids is 2. The Balaban J connectivity index is 1.72. The van der Waals surface area contributed by atoms with Gasteiger partial charge in [-0.3, -0.25) is 4.79 Å². The quantitative estimate of drug-likeness (QED) is 0.247. The summed E-state index contributed by atoms with van der Waals surface area (Å²) in [5.74, 6) is -2.77. The largest absolute Gasteiger partial charge is 0.422 e. The molecule has 0 saturated heterocycles. The monoisotopic (exact) mass is 477 g/mol. The fourth-order valence-corrected chi connectivity index (χ4v) is 3.48. The number of nitrogens with one attached hydrogen (secondary N) is 1. The molecule has 34 heavy (non-hydrogen) atoms. The summed E-state index contributed by atoms with van der Waals surface area (Å²) in [6, 6.07) is 20.7. The topological polar surface area (TPSA) is 55.4 Å². The number of benzene rings is 4. The van der Waals surface area contributed by atoms with Crippen LogP contribution in [0.15, 0.2) is 84.9 Å². The summed E-state index contributed by atoms with van der Waals surface area (Å²) in [5, 5.41) is 3.22. The van der Waals surface area contributed by atoms with E-state index in [2.05, 4.69) is 5.32 Å². The van der Waals surface area contributed by atoms with Gasteiger partial charge in [0.2, 0.25) is 0 Å². The average Bonchev–Trinajstić information content (AvgIpc) is 2.80. The summed E-state index contributed by atoms with van der Waals surface area (Å²) < 4.78 is 33.3. The summed E-state index contributed by atoms with van der Waals surface area (Å²) in [5.41, 5.74) is 2.14. The number of esters is 1. The van der Waals surface area contributed by atoms with Gasteiger partial charge in [-0.25, -0.2) is 13.6 Å². The molecule has 7 heteroatoms. The first-order valence-corrected chi connectivity index (χ1v) is 10.6. The van der Waals surface area contributed by atoms with E-state index in [-0.39, 0.29) is 22.4 Å². The van der Waals surface area contributed by atoms with E-state index in [9.17, 15) is 18.4 Å². The van der Waals surface area contributed by atoms with Gasteiger partial charge in [0.1, 0.15) is 17.4 Å². The minimum absolute atomic E-state index is 0.00467. The zero-order valence-electron chi connectivity index (χ0n) is 17.9. The zero-order valence-corrected chi connectivity index (χ0v) is 18.7. The molecule has 0 heterocycles. The van der Waals surface area contributed by atoms with Crippen molar-refractivity contribution < 1.29 is 23.1 Å². The molecule has 0 aliphatic heterocycles. The first kappa shape index (κ1) is 23.1. The van der Waals surface area contributed by atoms with Crippen LogP contribution in [0.5, 0.6) is 5.75 Å². The molecule has 170 valence electrons. The van der Waals surface area contributed by atoms with Gasteiger partial charge in [-0.2, -0.15) is 0 Å². The number of carbonyl (C=O) groups is 2. The lowest BCUT2D eigenvalue weighted by Gasteiger charge is -2.13. The number of anilines is 1. The number of amides is 1. The van der Waals surface area contributed by atoms with E-state index in [1.165, 1.54) is 36.4 Å². The van der Waals surface area contributed by atoms with Crippen molar-refractivity contribution in [2.24, 2.45) is 0 Å². The van der Waals surface area contributed by atoms with Crippen molar-refractivity contribution in [1.82, 2.24) is 0 Å². The summed E-state index contributed by atoms with van der Waals surface area (Å²) in [6.07, 6.45) is 0. The number of hydrogen-bond acceptors (Lipinski definition) is 3. The highest BCUT2D eigenvalue weighted by Crippen LogP contribution is 2.30. The minimum Gasteiger partial charge on any atom is -0.422 e. The van der Waals surface area contributed by atoms with Gasteiger partial charge >= 0.3 is 5.97 Å². The highest BCUT2D eigenvalue weighted by atomic mass is 35.5. The Morgan fingerprint density at radius 1 is 0.882 bits per heavy atom. The van der Waals surface area contributed by atoms with Gasteiger partial charge in [0.15, 0.2) is 0 Å². The van der Waals surface area contributed by atoms with Crippen molar-refractivity contribution in [3.05, 3.63) is 118 Å². The number of hydrogen-bond donors (Lipinski definition) is 1. The van der Waals surface area contributed by atoms with E-state index < -0.39 is 23.5 Å². The van der Waals surface area contributed by atoms with Crippen LogP contribution in [-0.2, 0) is 0 Å². The van der Waals surface area contributed by atoms with Gasteiger partial charge in [-0.1, -0.05) is 29.8 Å². The Morgan fingerprint density at radius 3 is 2.35 bits per heavy atom. The number of halogens is 3. The van der Waals surface area contributed by atoms with Gasteiger partial charge in [0.25, 0.3) is 5.91 Å². The third-order valence-corrected chi connectivity index (χ3v) is 5.28. The molecule has 0 aliphatic carbocycles. The van der Waals surface area contributed by atoms with Crippen molar-refractivity contribution in [3.8, 4) is 16.9 Å². The molecule has 4 aromatic rings. The van der Waals surface area contributed by atoms with Gasteiger partial charge < -0.3 is 10.1 Å². The molecule has 1 N–H and O–H groups in total. The second kappa shape index (κ2) is 9.85. The van der Waals surface area contributed by atoms with Crippen molar-refractivity contribution in [3.63, 3.8) is 0 Å². The summed E-state index contributed by atoms with van der Waals surface area (Å²) in [6.45, 7) is 1.88. The Morgan fingerprint density at radius 2 is 1.65 bits per heavy atom. The van der Waals surface area contributed by atoms with Crippen LogP contribution >= 0.6 is 11.6 Å². The molecule has 0 aliphatic rings. The molecule has 4 rings (SSSR count). The van der Waals surface area contributed by atoms with Gasteiger partial charge in [0.05, 0.1) is 11.1 Å². The Kier molecular flexibility index (Phi) is 6.70. The van der Waals surface area contributed by atoms with Gasteiger partial charge in [-0.05, 0) is 78.7 Å². The van der Waals surface area contributed by atoms with Crippen molar-refractivity contribution >= 4 is 29.2 Å². The standard InChI is InChI=1S/C27H18ClF2NO3/c1-16-3-2-4-21(13-16)31-26(32)23-14-18(22-11-10-20(29)15-24(22)30)7-12-25(23)34-27(33)17-5-8-19(28)9-6-17/h2-15H,1H3,(H,31,32). The molecule has 0 fully saturated rings. The SMILES string of the molecule is Cc1cccc(NC(=O)c2cc(-c3ccc(F)cc3F)ccc2OC(=O)c2ccc(Cl)cc2)c1. The molecule has 4 nitrogen and oxygen atoms in total. The minimum atomic E-state index is -0.782. The molecule has 1 amide bonds. The number of ether oxygens (including phenoxy) is 1. The smallest absolute Gasteiger partial charge is 0.343 e. The lowest BCUT2D eigenvalue weighted by atomic mass is 10.0. The third-order valence-electron chi connectivity index (χ3n) is 5.02. The second-order valence-electron chi connectivity index (χ2n) is 7.56. The van der Waals surface area contributed by atoms with Crippen molar-refractivity contribution in [2.45, 2.75) is 6.92 Å². The lowest BCUT2D eigenvalue weighted by molar-refractivity contribution is 0.0733. The van der Waals surface area contributed by atoms with E-state index >= 15 is 0 Å². The van der Waals surface area contributed by atoms with E-state index in [1.54, 1.807) is 30.3 Å². The van der Waals surface area contributed by atoms with Gasteiger partial charge in [0, 0.05) is 22.3 Å². The maximum Gasteiger partial charge on any atom is 0.343 e. The lowest BCUT2D eigenvalue weighted by Crippen LogP contribution is -2.16. The second-order valence-corrected chi connectivity index (χ2v) is 7.99. The van der Waals surface area contributed by atoms with E-state index in [1.807, 2.05) is 13.0 Å². The Bertz CT molecular complexity index is 1390. The van der Waals surface area contributed by atoms with Crippen LogP contribution in [0.1, 0.15) is 26.3 Å². The maximum atomic E-state index is 14.4. The third kappa shape index (κ3) is 5.30. The van der Waals surface area contributed by atoms with Crippen LogP contribution in [-0.4, -0.2) is 11.9 Å². The fraction of sp³-hybridized carbons (Fsp3) is 0.0370. The van der Waals surface area contributed by atoms with Crippen molar-refractivity contribution in [2.75, 3.05) is 5.32 Å². The highest BCUT2D eigenvalue weighted by molar-refractivity contribution is 6.30. The summed E-state index contributed by atoms with van der Waals surface area (Å²) >= 11 is 5.87. The molecule has 0 bridgehead atoms. The Hall–Kier alpha value is -4.03. The molecule has 0 aromatic heterocycles. The van der Waals surface area contributed by atoms with Crippen LogP contribution in [0, 0.1) is 18.6 Å². The van der Waals surface area contributed by atoms with E-state index in [0.717, 1.165) is 17.7 Å². The fourth-order valence-electron chi connectivity index (χ4n) is 3.35. The molecule has 0 radical (unpaired) electrons. The predicted octanol–water partition coefficient (Wildman–Crippen LogP) is 7.07. The molecular weight excluding hydrogens is 460 g/mol. The van der Waals surface area contributed by atoms with Crippen LogP contribution in [0.4, 0.5) is 14.5 Å². The predicted molar refractivity (Wildman–Crippen MR) is 127 cm³/mol. The first-order valence-electron chi connectivity index (χ1n) is 10.3. The molecule has 0 saturated carbocycles. The van der Waals surface area contributed by atoms with Crippen LogP contribution in [0.2, 0.25) is 5.02 Å². The number of rotatable bonds is 5. The highest BCUT2D eigenvalue weighted by Gasteiger charge is 2.19. The number of aryl methyl sites for hydroxylation is 1. The zero-order chi connectivity index (χ0) is 24.2. The van der Waals surface area contributed by atoms with E-state index in [0.29, 0.717) is 16.3 Å². The molecule has 0 atom stereocenters. The molecular formula is C27H18ClF2NO3. The normalized spacial score (nSPS) is 10.6. The van der Waals surface area contributed by atoms with Gasteiger partial charge in [-0.15, -0.1) is 0 Å².